The number of hydrogen-bond donors (Lipinski definition) is 8. The van der Waals surface area contributed by atoms with E-state index in [9.17, 15) is 0 Å². The monoisotopic (exact) mass is 722 g/mol. The van der Waals surface area contributed by atoms with Crippen LogP contribution in [0.25, 0.3) is 0 Å². The van der Waals surface area contributed by atoms with Crippen LogP contribution in [0, 0.1) is 0 Å². The average Bonchev–Trinajstić information content (AvgIpc) is 2.40. The smallest absolute Gasteiger partial charge is 0.452 e. The van der Waals surface area contributed by atoms with Crippen molar-refractivity contribution in [1.29, 1.82) is 0 Å². The van der Waals surface area contributed by atoms with E-state index in [2.05, 4.69) is 204 Å². The van der Waals surface area contributed by atoms with Crippen LogP contribution in [-0.2, 0) is 124 Å². The van der Waals surface area contributed by atoms with Crippen LogP contribution in [0.4, 0.5) is 0 Å². The fourth-order valence-electron chi connectivity index (χ4n) is 0. The topological polar surface area (TPSA) is 12.0 Å². The Morgan fingerprint density at radius 2 is 0.400 bits per heavy atom. The van der Waals surface area contributed by atoms with Crippen molar-refractivity contribution in [2.75, 3.05) is 0 Å². The van der Waals surface area contributed by atoms with Crippen molar-refractivity contribution in [3.8, 4) is 0 Å². The third-order valence-electron chi connectivity index (χ3n) is 0.653. The van der Waals surface area contributed by atoms with E-state index in [0.717, 1.165) is 13.5 Å². The summed E-state index contributed by atoms with van der Waals surface area (Å²) in [5, 5.41) is 0. The molecule has 0 atom stereocenters. The number of rotatable bonds is 0. The van der Waals surface area contributed by atoms with E-state index in [4.69, 9.17) is 0 Å². The van der Waals surface area contributed by atoms with E-state index in [0.29, 0.717) is 17.5 Å². The summed E-state index contributed by atoms with van der Waals surface area (Å²) in [5.41, 5.74) is 0. The molecule has 0 saturated heterocycles. The molecule has 21 heteroatoms. The van der Waals surface area contributed by atoms with Crippen LogP contribution < -0.4 is 0 Å². The molecule has 0 aromatic carbocycles. The Hall–Kier alpha value is 3.93. The summed E-state index contributed by atoms with van der Waals surface area (Å²) < 4.78 is 5.36. The molecule has 0 spiro atoms. The standard InChI is InChI=1S/4CH2NS4.Mo/c4*3-1(4)2(5)6;/h4*(H2-,3,4,5,6);/q4*-1;+4. The predicted molar refractivity (Wildman–Crippen MR) is 152 cm³/mol. The van der Waals surface area contributed by atoms with Crippen molar-refractivity contribution in [3.05, 3.63) is 0 Å². The molecule has 146 valence electrons. The second kappa shape index (κ2) is 26.0. The zero-order valence-electron chi connectivity index (χ0n) is 11.0. The zero-order chi connectivity index (χ0) is 20.6. The molecule has 0 aliphatic carbocycles. The van der Waals surface area contributed by atoms with Crippen LogP contribution in [0.3, 0.4) is 0 Å². The van der Waals surface area contributed by atoms with E-state index in [-0.39, 0.29) is 21.1 Å². The number of nitrogens with zero attached hydrogens (tertiary/aromatic N) is 4. The van der Waals surface area contributed by atoms with E-state index < -0.39 is 0 Å². The van der Waals surface area contributed by atoms with Gasteiger partial charge in [-0.25, -0.2) is 0 Å². The molecule has 0 bridgehead atoms. The maximum Gasteiger partial charge on any atom is 4.00 e. The molecule has 4 nitrogen and oxygen atoms in total. The van der Waals surface area contributed by atoms with Crippen LogP contribution in [0.2, 0.25) is 0 Å². The first-order chi connectivity index (χ1) is 10.6. The van der Waals surface area contributed by atoms with Crippen LogP contribution >= 0.6 is 101 Å². The first kappa shape index (κ1) is 39.4. The van der Waals surface area contributed by atoms with Crippen molar-refractivity contribution >= 4 is 221 Å². The maximum atomic E-state index is 4.36. The van der Waals surface area contributed by atoms with Gasteiger partial charge >= 0.3 is 21.1 Å². The summed E-state index contributed by atoms with van der Waals surface area (Å²) in [6, 6.07) is 0. The average molecular weight is 721 g/mol. The third kappa shape index (κ3) is 47.3. The Kier molecular flexibility index (Phi) is 40.9. The molecular weight excluding hydrogens is 713 g/mol. The fourth-order valence-corrected chi connectivity index (χ4v) is 0. The van der Waals surface area contributed by atoms with Crippen LogP contribution in [0.15, 0.2) is 0 Å². The Labute approximate surface area is 251 Å². The quantitative estimate of drug-likeness (QED) is 0.0457. The first-order valence-corrected chi connectivity index (χ1v) is 10.6. The van der Waals surface area contributed by atoms with Gasteiger partial charge in [0.25, 0.3) is 0 Å². The Balaban J connectivity index is -0.0000000702. The molecule has 0 aliphatic rings. The summed E-state index contributed by atoms with van der Waals surface area (Å²) >= 11 is 64.4. The van der Waals surface area contributed by atoms with E-state index in [1.54, 1.807) is 0 Å². The van der Waals surface area contributed by atoms with Gasteiger partial charge in [-0.2, -0.15) is 0 Å². The summed E-state index contributed by atoms with van der Waals surface area (Å²) in [5.74, 6) is 0. The summed E-state index contributed by atoms with van der Waals surface area (Å²) in [6.45, 7) is 0. The molecule has 0 amide bonds. The van der Waals surface area contributed by atoms with Crippen molar-refractivity contribution in [2.24, 2.45) is 0 Å². The Morgan fingerprint density at radius 1 is 0.360 bits per heavy atom. The minimum Gasteiger partial charge on any atom is -0.452 e. The second-order valence-corrected chi connectivity index (χ2v) is 10.9. The zero-order valence-corrected chi connectivity index (χ0v) is 26.7. The van der Waals surface area contributed by atoms with Crippen molar-refractivity contribution in [3.63, 3.8) is 0 Å². The van der Waals surface area contributed by atoms with Gasteiger partial charge in [-0.15, -0.1) is 0 Å². The largest absolute Gasteiger partial charge is 4.00 e. The van der Waals surface area contributed by atoms with Crippen molar-refractivity contribution in [2.45, 2.75) is 0 Å². The molecular formula is C4H8MoN4S16. The SMILES string of the molecule is [Mo+4].[S-][N+]([S-])=C(S)S.[S-][N+]([S-])=C(S)S.[S-][N+]([S-])=C(S)S.[S-][N+]([S-])=C(S)S. The van der Waals surface area contributed by atoms with Crippen LogP contribution in [0.1, 0.15) is 0 Å². The van der Waals surface area contributed by atoms with Gasteiger partial charge in [-0.1, -0.05) is 101 Å². The van der Waals surface area contributed by atoms with Gasteiger partial charge in [0, 0.05) is 0 Å². The van der Waals surface area contributed by atoms with Gasteiger partial charge in [-0.3, -0.25) is 0 Å². The summed E-state index contributed by atoms with van der Waals surface area (Å²) in [6.07, 6.45) is 0. The van der Waals surface area contributed by atoms with Crippen molar-refractivity contribution in [1.82, 2.24) is 0 Å². The molecule has 0 saturated carbocycles. The predicted octanol–water partition coefficient (Wildman–Crippen LogP) is 0.551. The minimum atomic E-state index is 0. The van der Waals surface area contributed by atoms with Gasteiger partial charge in [0.2, 0.25) is 17.5 Å². The molecule has 0 heterocycles. The fraction of sp³-hybridized carbons (Fsp3) is 0. The summed E-state index contributed by atoms with van der Waals surface area (Å²) in [4.78, 5) is 0. The normalized spacial score (nSPS) is 7.36. The number of hydrogen-bond acceptors (Lipinski definition) is 8. The van der Waals surface area contributed by atoms with Gasteiger partial charge in [-0.05, 0) is 0 Å². The second-order valence-electron chi connectivity index (χ2n) is 2.23. The molecule has 0 rings (SSSR count). The van der Waals surface area contributed by atoms with Crippen LogP contribution in [0.5, 0.6) is 0 Å². The van der Waals surface area contributed by atoms with E-state index in [1.165, 1.54) is 0 Å². The molecule has 25 heavy (non-hydrogen) atoms. The molecule has 0 aliphatic heterocycles. The van der Waals surface area contributed by atoms with Crippen molar-refractivity contribution < 1.29 is 34.6 Å². The van der Waals surface area contributed by atoms with Gasteiger partial charge < -0.3 is 116 Å². The Bertz CT molecular complexity index is 325. The molecule has 0 radical (unpaired) electrons. The molecule has 0 aromatic rings. The third-order valence-corrected chi connectivity index (χ3v) is 5.88. The van der Waals surface area contributed by atoms with E-state index in [1.807, 2.05) is 0 Å². The summed E-state index contributed by atoms with van der Waals surface area (Å²) in [7, 11) is 0. The molecule has 0 aromatic heterocycles. The number of thiol groups is 8. The maximum absolute atomic E-state index is 4.36. The molecule has 0 N–H and O–H groups in total. The van der Waals surface area contributed by atoms with Crippen LogP contribution in [-0.4, -0.2) is 31.0 Å². The van der Waals surface area contributed by atoms with E-state index >= 15 is 0 Å². The van der Waals surface area contributed by atoms with Gasteiger partial charge in [0.1, 0.15) is 0 Å². The minimum absolute atomic E-state index is 0. The van der Waals surface area contributed by atoms with Gasteiger partial charge in [0.15, 0.2) is 0 Å². The molecule has 0 unspecified atom stereocenters. The first-order valence-electron chi connectivity index (χ1n) is 4.14. The Morgan fingerprint density at radius 3 is 0.400 bits per heavy atom. The molecule has 0 fully saturated rings. The van der Waals surface area contributed by atoms with Gasteiger partial charge in [0.05, 0.1) is 0 Å².